The lowest BCUT2D eigenvalue weighted by Crippen LogP contribution is -2.57. The largest absolute Gasteiger partial charge is 0.339 e. The lowest BCUT2D eigenvalue weighted by molar-refractivity contribution is -0.137. The highest BCUT2D eigenvalue weighted by Crippen LogP contribution is 2.22. The molecule has 2 fully saturated rings. The van der Waals surface area contributed by atoms with Crippen LogP contribution in [0.2, 0.25) is 0 Å². The number of carbonyl (C=O) groups excluding carboxylic acids is 1. The normalized spacial score (nSPS) is 27.1. The molecule has 0 aliphatic carbocycles. The third-order valence-corrected chi connectivity index (χ3v) is 4.01. The molecule has 0 radical (unpaired) electrons. The van der Waals surface area contributed by atoms with Crippen molar-refractivity contribution >= 4 is 5.91 Å². The number of hydrogen-bond donors (Lipinski definition) is 0. The molecule has 0 N–H and O–H groups in total. The van der Waals surface area contributed by atoms with E-state index in [9.17, 15) is 4.79 Å². The van der Waals surface area contributed by atoms with Crippen LogP contribution in [-0.2, 0) is 4.79 Å². The average Bonchev–Trinajstić information content (AvgIpc) is 2.39. The van der Waals surface area contributed by atoms with E-state index in [1.54, 1.807) is 0 Å². The highest BCUT2D eigenvalue weighted by Gasteiger charge is 2.32. The van der Waals surface area contributed by atoms with Gasteiger partial charge in [0.05, 0.1) is 6.07 Å². The predicted molar refractivity (Wildman–Crippen MR) is 65.2 cm³/mol. The van der Waals surface area contributed by atoms with Crippen molar-refractivity contribution in [3.63, 3.8) is 0 Å². The highest BCUT2D eigenvalue weighted by molar-refractivity contribution is 5.81. The first-order valence-electron chi connectivity index (χ1n) is 6.68. The molecule has 0 saturated carbocycles. The van der Waals surface area contributed by atoms with E-state index >= 15 is 0 Å². The van der Waals surface area contributed by atoms with Crippen LogP contribution in [0.4, 0.5) is 0 Å². The minimum atomic E-state index is -0.440. The number of fused-ring (bicyclic) bond motifs is 1. The Morgan fingerprint density at radius 1 is 1.41 bits per heavy atom. The van der Waals surface area contributed by atoms with Crippen molar-refractivity contribution in [1.29, 1.82) is 5.26 Å². The van der Waals surface area contributed by atoms with Gasteiger partial charge in [0.1, 0.15) is 5.92 Å². The number of nitriles is 1. The number of rotatable bonds is 2. The molecule has 0 aromatic rings. The van der Waals surface area contributed by atoms with Gasteiger partial charge in [-0.15, -0.1) is 0 Å². The van der Waals surface area contributed by atoms with E-state index in [2.05, 4.69) is 11.0 Å². The van der Waals surface area contributed by atoms with Crippen LogP contribution in [0.15, 0.2) is 0 Å². The molecule has 94 valence electrons. The van der Waals surface area contributed by atoms with E-state index in [-0.39, 0.29) is 5.91 Å². The fraction of sp³-hybridized carbons (Fsp3) is 0.846. The number of hydrogen-bond acceptors (Lipinski definition) is 3. The molecule has 2 aliphatic rings. The molecule has 0 aromatic carbocycles. The fourth-order valence-corrected chi connectivity index (χ4v) is 2.90. The Morgan fingerprint density at radius 3 is 2.94 bits per heavy atom. The highest BCUT2D eigenvalue weighted by atomic mass is 16.2. The molecule has 0 aromatic heterocycles. The van der Waals surface area contributed by atoms with E-state index in [0.29, 0.717) is 12.5 Å². The predicted octanol–water partition coefficient (Wildman–Crippen LogP) is 1.23. The molecule has 2 atom stereocenters. The number of piperazine rings is 1. The van der Waals surface area contributed by atoms with Crippen LogP contribution in [-0.4, -0.2) is 47.9 Å². The van der Waals surface area contributed by atoms with Crippen molar-refractivity contribution in [2.24, 2.45) is 5.92 Å². The summed E-state index contributed by atoms with van der Waals surface area (Å²) in [5.41, 5.74) is 0. The maximum absolute atomic E-state index is 12.1. The van der Waals surface area contributed by atoms with E-state index in [0.717, 1.165) is 19.6 Å². The zero-order chi connectivity index (χ0) is 12.3. The third kappa shape index (κ3) is 2.61. The van der Waals surface area contributed by atoms with Crippen molar-refractivity contribution in [3.05, 3.63) is 0 Å². The van der Waals surface area contributed by atoms with Crippen molar-refractivity contribution < 1.29 is 4.79 Å². The molecular formula is C13H21N3O. The van der Waals surface area contributed by atoms with E-state index in [1.165, 1.54) is 25.8 Å². The maximum atomic E-state index is 12.1. The van der Waals surface area contributed by atoms with Crippen LogP contribution < -0.4 is 0 Å². The van der Waals surface area contributed by atoms with Gasteiger partial charge in [0.25, 0.3) is 0 Å². The summed E-state index contributed by atoms with van der Waals surface area (Å²) in [6, 6.07) is 2.66. The SMILES string of the molecule is CCC(C#N)C(=O)N1CCN2CCCCC2C1. The van der Waals surface area contributed by atoms with Crippen molar-refractivity contribution in [2.45, 2.75) is 38.6 Å². The fourth-order valence-electron chi connectivity index (χ4n) is 2.90. The summed E-state index contributed by atoms with van der Waals surface area (Å²) in [5.74, 6) is -0.398. The summed E-state index contributed by atoms with van der Waals surface area (Å²) in [7, 11) is 0. The topological polar surface area (TPSA) is 47.3 Å². The van der Waals surface area contributed by atoms with Crippen molar-refractivity contribution in [1.82, 2.24) is 9.80 Å². The maximum Gasteiger partial charge on any atom is 0.240 e. The summed E-state index contributed by atoms with van der Waals surface area (Å²) in [5, 5.41) is 8.95. The first-order valence-corrected chi connectivity index (χ1v) is 6.68. The van der Waals surface area contributed by atoms with Crippen LogP contribution in [0.3, 0.4) is 0 Å². The van der Waals surface area contributed by atoms with Gasteiger partial charge >= 0.3 is 0 Å². The summed E-state index contributed by atoms with van der Waals surface area (Å²) < 4.78 is 0. The number of amides is 1. The number of carbonyl (C=O) groups is 1. The minimum absolute atomic E-state index is 0.0419. The average molecular weight is 235 g/mol. The first kappa shape index (κ1) is 12.4. The van der Waals surface area contributed by atoms with E-state index < -0.39 is 5.92 Å². The zero-order valence-electron chi connectivity index (χ0n) is 10.6. The standard InChI is InChI=1S/C13H21N3O/c1-2-11(9-14)13(17)16-8-7-15-6-4-3-5-12(15)10-16/h11-12H,2-8,10H2,1H3. The van der Waals surface area contributed by atoms with Gasteiger partial charge < -0.3 is 4.90 Å². The van der Waals surface area contributed by atoms with Crippen LogP contribution in [0, 0.1) is 17.2 Å². The molecule has 2 saturated heterocycles. The Morgan fingerprint density at radius 2 is 2.24 bits per heavy atom. The lowest BCUT2D eigenvalue weighted by Gasteiger charge is -2.44. The second-order valence-electron chi connectivity index (χ2n) is 5.06. The van der Waals surface area contributed by atoms with Crippen molar-refractivity contribution in [2.75, 3.05) is 26.2 Å². The lowest BCUT2D eigenvalue weighted by atomic mass is 9.98. The molecule has 2 rings (SSSR count). The third-order valence-electron chi connectivity index (χ3n) is 4.01. The molecule has 0 spiro atoms. The number of nitrogens with zero attached hydrogens (tertiary/aromatic N) is 3. The van der Waals surface area contributed by atoms with E-state index in [1.807, 2.05) is 11.8 Å². The quantitative estimate of drug-likeness (QED) is 0.723. The van der Waals surface area contributed by atoms with Crippen LogP contribution in [0.25, 0.3) is 0 Å². The van der Waals surface area contributed by atoms with Crippen LogP contribution >= 0.6 is 0 Å². The molecule has 1 amide bonds. The molecule has 2 heterocycles. The van der Waals surface area contributed by atoms with Gasteiger partial charge in [-0.05, 0) is 25.8 Å². The van der Waals surface area contributed by atoms with Gasteiger partial charge in [0, 0.05) is 25.7 Å². The smallest absolute Gasteiger partial charge is 0.240 e. The minimum Gasteiger partial charge on any atom is -0.339 e. The van der Waals surface area contributed by atoms with Gasteiger partial charge in [-0.2, -0.15) is 5.26 Å². The summed E-state index contributed by atoms with van der Waals surface area (Å²) in [6.07, 6.45) is 4.40. The summed E-state index contributed by atoms with van der Waals surface area (Å²) in [4.78, 5) is 16.5. The Bertz CT molecular complexity index is 323. The van der Waals surface area contributed by atoms with Gasteiger partial charge in [-0.1, -0.05) is 13.3 Å². The molecule has 0 bridgehead atoms. The molecule has 4 heteroatoms. The van der Waals surface area contributed by atoms with Gasteiger partial charge in [0.15, 0.2) is 0 Å². The second-order valence-corrected chi connectivity index (χ2v) is 5.06. The Hall–Kier alpha value is -1.08. The Balaban J connectivity index is 1.95. The van der Waals surface area contributed by atoms with E-state index in [4.69, 9.17) is 5.26 Å². The second kappa shape index (κ2) is 5.50. The van der Waals surface area contributed by atoms with Gasteiger partial charge in [0.2, 0.25) is 5.91 Å². The molecule has 17 heavy (non-hydrogen) atoms. The molecule has 2 unspecified atom stereocenters. The zero-order valence-corrected chi connectivity index (χ0v) is 10.6. The molecular weight excluding hydrogens is 214 g/mol. The molecule has 4 nitrogen and oxygen atoms in total. The first-order chi connectivity index (χ1) is 8.26. The number of piperidine rings is 1. The molecule has 2 aliphatic heterocycles. The summed E-state index contributed by atoms with van der Waals surface area (Å²) >= 11 is 0. The Kier molecular flexibility index (Phi) is 4.01. The van der Waals surface area contributed by atoms with Crippen LogP contribution in [0.1, 0.15) is 32.6 Å². The van der Waals surface area contributed by atoms with Gasteiger partial charge in [-0.25, -0.2) is 0 Å². The van der Waals surface area contributed by atoms with Crippen LogP contribution in [0.5, 0.6) is 0 Å². The van der Waals surface area contributed by atoms with Gasteiger partial charge in [-0.3, -0.25) is 9.69 Å². The monoisotopic (exact) mass is 235 g/mol. The Labute approximate surface area is 103 Å². The summed E-state index contributed by atoms with van der Waals surface area (Å²) in [6.45, 7) is 5.70. The van der Waals surface area contributed by atoms with Crippen molar-refractivity contribution in [3.8, 4) is 6.07 Å².